The highest BCUT2D eigenvalue weighted by Crippen LogP contribution is 2.28. The van der Waals surface area contributed by atoms with Crippen LogP contribution in [-0.2, 0) is 6.61 Å². The Hall–Kier alpha value is -2.53. The summed E-state index contributed by atoms with van der Waals surface area (Å²) >= 11 is 0. The van der Waals surface area contributed by atoms with E-state index in [9.17, 15) is 4.79 Å². The van der Waals surface area contributed by atoms with Crippen molar-refractivity contribution in [2.24, 2.45) is 0 Å². The van der Waals surface area contributed by atoms with Crippen LogP contribution in [-0.4, -0.2) is 32.1 Å². The van der Waals surface area contributed by atoms with Crippen molar-refractivity contribution in [2.75, 3.05) is 21.2 Å². The molecule has 0 heterocycles. The average molecular weight is 300 g/mol. The molecule has 0 unspecified atom stereocenters. The number of nitrogens with one attached hydrogen (secondary N) is 1. The van der Waals surface area contributed by atoms with E-state index in [0.717, 1.165) is 5.56 Å². The molecule has 0 bridgehead atoms. The molecule has 0 aliphatic carbocycles. The normalized spacial score (nSPS) is 10.4. The minimum absolute atomic E-state index is 0.196. The number of rotatable bonds is 6. The van der Waals surface area contributed by atoms with Gasteiger partial charge in [-0.05, 0) is 23.8 Å². The van der Waals surface area contributed by atoms with Gasteiger partial charge in [-0.25, -0.2) is 5.01 Å². The zero-order valence-corrected chi connectivity index (χ0v) is 13.0. The summed E-state index contributed by atoms with van der Waals surface area (Å²) in [6.07, 6.45) is 0. The standard InChI is InChI=1S/C17H20N2O3/c1-19(2)18-17(20)14-9-10-15(16(11-14)21-3)22-12-13-7-5-4-6-8-13/h4-11H,12H2,1-3H3,(H,18,20). The highest BCUT2D eigenvalue weighted by Gasteiger charge is 2.11. The van der Waals surface area contributed by atoms with Gasteiger partial charge in [-0.3, -0.25) is 10.2 Å². The highest BCUT2D eigenvalue weighted by molar-refractivity contribution is 5.94. The maximum absolute atomic E-state index is 12.0. The molecule has 2 aromatic rings. The molecule has 1 amide bonds. The molecule has 5 heteroatoms. The van der Waals surface area contributed by atoms with E-state index in [2.05, 4.69) is 5.43 Å². The first-order valence-corrected chi connectivity index (χ1v) is 6.93. The Morgan fingerprint density at radius 2 is 1.82 bits per heavy atom. The summed E-state index contributed by atoms with van der Waals surface area (Å²) in [5, 5.41) is 1.59. The number of hydrogen-bond acceptors (Lipinski definition) is 4. The van der Waals surface area contributed by atoms with E-state index >= 15 is 0 Å². The lowest BCUT2D eigenvalue weighted by molar-refractivity contribution is 0.0856. The number of hydrazine groups is 1. The van der Waals surface area contributed by atoms with Gasteiger partial charge < -0.3 is 9.47 Å². The van der Waals surface area contributed by atoms with Gasteiger partial charge in [0.25, 0.3) is 5.91 Å². The maximum atomic E-state index is 12.0. The van der Waals surface area contributed by atoms with Gasteiger partial charge in [-0.1, -0.05) is 30.3 Å². The van der Waals surface area contributed by atoms with Crippen molar-refractivity contribution in [3.8, 4) is 11.5 Å². The fourth-order valence-corrected chi connectivity index (χ4v) is 1.93. The number of amides is 1. The summed E-state index contributed by atoms with van der Waals surface area (Å²) < 4.78 is 11.1. The Bertz CT molecular complexity index is 627. The van der Waals surface area contributed by atoms with Gasteiger partial charge in [0.15, 0.2) is 11.5 Å². The Morgan fingerprint density at radius 1 is 1.09 bits per heavy atom. The van der Waals surface area contributed by atoms with Gasteiger partial charge >= 0.3 is 0 Å². The lowest BCUT2D eigenvalue weighted by Gasteiger charge is -2.14. The Kier molecular flexibility index (Phi) is 5.38. The van der Waals surface area contributed by atoms with Crippen molar-refractivity contribution in [3.63, 3.8) is 0 Å². The van der Waals surface area contributed by atoms with Crippen molar-refractivity contribution < 1.29 is 14.3 Å². The Balaban J connectivity index is 2.10. The van der Waals surface area contributed by atoms with Crippen LogP contribution < -0.4 is 14.9 Å². The molecule has 22 heavy (non-hydrogen) atoms. The van der Waals surface area contributed by atoms with E-state index in [1.54, 1.807) is 44.4 Å². The third-order valence-electron chi connectivity index (χ3n) is 2.99. The molecule has 0 radical (unpaired) electrons. The first kappa shape index (κ1) is 15.9. The second-order valence-electron chi connectivity index (χ2n) is 4.98. The molecular formula is C17H20N2O3. The van der Waals surface area contributed by atoms with Crippen LogP contribution in [0.25, 0.3) is 0 Å². The molecule has 0 aromatic heterocycles. The topological polar surface area (TPSA) is 50.8 Å². The van der Waals surface area contributed by atoms with Gasteiger partial charge in [-0.2, -0.15) is 0 Å². The fourth-order valence-electron chi connectivity index (χ4n) is 1.93. The van der Waals surface area contributed by atoms with Crippen LogP contribution >= 0.6 is 0 Å². The summed E-state index contributed by atoms with van der Waals surface area (Å²) in [6, 6.07) is 15.0. The van der Waals surface area contributed by atoms with E-state index in [4.69, 9.17) is 9.47 Å². The maximum Gasteiger partial charge on any atom is 0.265 e. The van der Waals surface area contributed by atoms with Crippen molar-refractivity contribution in [3.05, 3.63) is 59.7 Å². The lowest BCUT2D eigenvalue weighted by Crippen LogP contribution is -2.36. The number of methoxy groups -OCH3 is 1. The molecule has 0 fully saturated rings. The molecule has 0 aliphatic rings. The molecule has 116 valence electrons. The first-order valence-electron chi connectivity index (χ1n) is 6.93. The number of carbonyl (C=O) groups excluding carboxylic acids is 1. The summed E-state index contributed by atoms with van der Waals surface area (Å²) in [5.41, 5.74) is 4.27. The quantitative estimate of drug-likeness (QED) is 0.833. The van der Waals surface area contributed by atoms with E-state index in [-0.39, 0.29) is 5.91 Å². The Morgan fingerprint density at radius 3 is 2.45 bits per heavy atom. The minimum atomic E-state index is -0.196. The highest BCUT2D eigenvalue weighted by atomic mass is 16.5. The third-order valence-corrected chi connectivity index (χ3v) is 2.99. The molecule has 5 nitrogen and oxygen atoms in total. The van der Waals surface area contributed by atoms with Crippen LogP contribution in [0.5, 0.6) is 11.5 Å². The molecule has 0 saturated heterocycles. The summed E-state index contributed by atoms with van der Waals surface area (Å²) in [7, 11) is 5.07. The molecule has 0 saturated carbocycles. The van der Waals surface area contributed by atoms with Crippen LogP contribution in [0.15, 0.2) is 48.5 Å². The second-order valence-corrected chi connectivity index (χ2v) is 4.98. The fraction of sp³-hybridized carbons (Fsp3) is 0.235. The van der Waals surface area contributed by atoms with Crippen molar-refractivity contribution >= 4 is 5.91 Å². The molecule has 2 aromatic carbocycles. The first-order chi connectivity index (χ1) is 10.6. The lowest BCUT2D eigenvalue weighted by atomic mass is 10.2. The predicted molar refractivity (Wildman–Crippen MR) is 84.9 cm³/mol. The van der Waals surface area contributed by atoms with Crippen molar-refractivity contribution in [2.45, 2.75) is 6.61 Å². The number of hydrogen-bond donors (Lipinski definition) is 1. The molecule has 0 spiro atoms. The molecule has 0 atom stereocenters. The second kappa shape index (κ2) is 7.47. The van der Waals surface area contributed by atoms with Gasteiger partial charge in [0.2, 0.25) is 0 Å². The summed E-state index contributed by atoms with van der Waals surface area (Å²) in [5.74, 6) is 0.938. The predicted octanol–water partition coefficient (Wildman–Crippen LogP) is 2.48. The van der Waals surface area contributed by atoms with Gasteiger partial charge in [0.05, 0.1) is 7.11 Å². The smallest absolute Gasteiger partial charge is 0.265 e. The number of benzene rings is 2. The summed E-state index contributed by atoms with van der Waals surface area (Å²) in [6.45, 7) is 0.445. The molecule has 1 N–H and O–H groups in total. The van der Waals surface area contributed by atoms with E-state index in [0.29, 0.717) is 23.7 Å². The van der Waals surface area contributed by atoms with Crippen LogP contribution in [0.1, 0.15) is 15.9 Å². The van der Waals surface area contributed by atoms with E-state index in [1.807, 2.05) is 30.3 Å². The average Bonchev–Trinajstić information content (AvgIpc) is 2.53. The van der Waals surface area contributed by atoms with E-state index in [1.165, 1.54) is 0 Å². The largest absolute Gasteiger partial charge is 0.493 e. The monoisotopic (exact) mass is 300 g/mol. The van der Waals surface area contributed by atoms with Crippen LogP contribution in [0, 0.1) is 0 Å². The summed E-state index contributed by atoms with van der Waals surface area (Å²) in [4.78, 5) is 12.0. The molecule has 0 aliphatic heterocycles. The number of carbonyl (C=O) groups is 1. The van der Waals surface area contributed by atoms with Crippen LogP contribution in [0.2, 0.25) is 0 Å². The SMILES string of the molecule is COc1cc(C(=O)NN(C)C)ccc1OCc1ccccc1. The zero-order chi connectivity index (χ0) is 15.9. The van der Waals surface area contributed by atoms with Crippen LogP contribution in [0.4, 0.5) is 0 Å². The van der Waals surface area contributed by atoms with E-state index < -0.39 is 0 Å². The van der Waals surface area contributed by atoms with Gasteiger partial charge in [0.1, 0.15) is 6.61 Å². The van der Waals surface area contributed by atoms with Crippen molar-refractivity contribution in [1.82, 2.24) is 10.4 Å². The van der Waals surface area contributed by atoms with Crippen LogP contribution in [0.3, 0.4) is 0 Å². The molecule has 2 rings (SSSR count). The van der Waals surface area contributed by atoms with Gasteiger partial charge in [-0.15, -0.1) is 0 Å². The zero-order valence-electron chi connectivity index (χ0n) is 13.0. The number of ether oxygens (including phenoxy) is 2. The third kappa shape index (κ3) is 4.23. The van der Waals surface area contributed by atoms with Gasteiger partial charge in [0, 0.05) is 19.7 Å². The Labute approximate surface area is 130 Å². The van der Waals surface area contributed by atoms with Crippen molar-refractivity contribution in [1.29, 1.82) is 0 Å². The number of nitrogens with zero attached hydrogens (tertiary/aromatic N) is 1. The minimum Gasteiger partial charge on any atom is -0.493 e. The molecular weight excluding hydrogens is 280 g/mol.